The van der Waals surface area contributed by atoms with E-state index in [0.717, 1.165) is 12.8 Å². The molecule has 6 bridgehead atoms. The van der Waals surface area contributed by atoms with E-state index >= 15 is 0 Å². The molecule has 8 rings (SSSR count). The van der Waals surface area contributed by atoms with Gasteiger partial charge in [-0.15, -0.1) is 0 Å². The van der Waals surface area contributed by atoms with Crippen molar-refractivity contribution in [1.29, 1.82) is 0 Å². The van der Waals surface area contributed by atoms with Crippen LogP contribution in [0.25, 0.3) is 17.2 Å². The molecule has 0 aromatic carbocycles. The lowest BCUT2D eigenvalue weighted by Gasteiger charge is -2.48. The SMILES string of the molecule is CO[C@H]1/C=C/O[C@@]2(C)OC3=C(C)C(=O)C4C(O)=C(NC(=O)/C(C)=C\C=C\[C@H](C)[C@H](O)[C@@H](C)[C@@H](O)[C@@H](C)[C@H](O)[C@@H]1C)c1oc5cc(N6CC7CCC(C6)N7C(C)(C)C)cc(=O)c-5nc1C4C3=C2O. The minimum absolute atomic E-state index is 0.00191. The van der Waals surface area contributed by atoms with E-state index in [-0.39, 0.29) is 56.6 Å². The van der Waals surface area contributed by atoms with Gasteiger partial charge in [0.25, 0.3) is 5.91 Å². The molecule has 6 N–H and O–H groups in total. The first-order valence-electron chi connectivity index (χ1n) is 23.4. The predicted octanol–water partition coefficient (Wildman–Crippen LogP) is 5.75. The van der Waals surface area contributed by atoms with Crippen LogP contribution in [-0.4, -0.2) is 115 Å². The predicted molar refractivity (Wildman–Crippen MR) is 249 cm³/mol. The lowest BCUT2D eigenvalue weighted by molar-refractivity contribution is -0.146. The molecule has 5 heterocycles. The van der Waals surface area contributed by atoms with Gasteiger partial charge in [0.15, 0.2) is 28.8 Å². The largest absolute Gasteiger partial charge is 0.509 e. The number of aromatic nitrogens is 1. The van der Waals surface area contributed by atoms with Crippen LogP contribution < -0.4 is 15.6 Å². The molecule has 4 unspecified atom stereocenters. The Kier molecular flexibility index (Phi) is 12.7. The lowest BCUT2D eigenvalue weighted by atomic mass is 9.69. The molecule has 0 aromatic heterocycles. The minimum atomic E-state index is -1.93. The third-order valence-electron chi connectivity index (χ3n) is 15.2. The molecule has 3 aliphatic carbocycles. The Morgan fingerprint density at radius 1 is 0.896 bits per heavy atom. The van der Waals surface area contributed by atoms with Gasteiger partial charge in [0.2, 0.25) is 5.43 Å². The second-order valence-electron chi connectivity index (χ2n) is 20.7. The number of benzene rings is 1. The maximum Gasteiger partial charge on any atom is 0.306 e. The molecule has 0 saturated carbocycles. The highest BCUT2D eigenvalue weighted by molar-refractivity contribution is 6.05. The molecule has 2 fully saturated rings. The first kappa shape index (κ1) is 48.2. The highest BCUT2D eigenvalue weighted by Crippen LogP contribution is 2.56. The zero-order valence-electron chi connectivity index (χ0n) is 40.2. The number of hydrogen-bond acceptors (Lipinski definition) is 15. The smallest absolute Gasteiger partial charge is 0.306 e. The fraction of sp³-hybridized carbons (Fsp3) is 0.569. The van der Waals surface area contributed by atoms with Crippen molar-refractivity contribution in [1.82, 2.24) is 15.2 Å². The van der Waals surface area contributed by atoms with E-state index < -0.39 is 94.3 Å². The maximum atomic E-state index is 14.5. The van der Waals surface area contributed by atoms with Crippen molar-refractivity contribution in [2.24, 2.45) is 29.6 Å². The molecule has 0 aromatic rings. The number of amides is 1. The lowest BCUT2D eigenvalue weighted by Crippen LogP contribution is -2.60. The van der Waals surface area contributed by atoms with Crippen LogP contribution in [0.1, 0.15) is 99.5 Å². The monoisotopic (exact) mass is 926 g/mol. The van der Waals surface area contributed by atoms with Crippen LogP contribution in [0.15, 0.2) is 85.9 Å². The first-order chi connectivity index (χ1) is 31.5. The molecule has 8 aliphatic rings. The maximum absolute atomic E-state index is 14.5. The summed E-state index contributed by atoms with van der Waals surface area (Å²) in [6.45, 7) is 19.5. The molecule has 67 heavy (non-hydrogen) atoms. The van der Waals surface area contributed by atoms with Gasteiger partial charge >= 0.3 is 5.79 Å². The Labute approximate surface area is 391 Å². The van der Waals surface area contributed by atoms with Crippen LogP contribution in [0.5, 0.6) is 0 Å². The number of carbonyl (C=O) groups excluding carboxylic acids is 2. The highest BCUT2D eigenvalue weighted by atomic mass is 16.7. The number of allylic oxidation sites excluding steroid dienone is 5. The van der Waals surface area contributed by atoms with E-state index in [1.165, 1.54) is 45.4 Å². The number of carbonyl (C=O) groups is 2. The van der Waals surface area contributed by atoms with Crippen molar-refractivity contribution < 1.29 is 53.7 Å². The number of aliphatic hydroxyl groups excluding tert-OH is 5. The standard InChI is InChI=1S/C51H66N4O12/c1-23-13-12-14-24(2)49(63)53-40-45(61)36-35(39-47(40)66-34-20-31(19-32(56)38(34)52-39)54-21-29-15-16-30(22-54)55(29)50(7,8)9)37-46(28(6)44(36)60)67-51(10,48(37)62)65-18-17-33(64-11)25(3)42(58)27(5)43(59)26(4)41(23)57/h12-14,17-20,23,25-27,29-30,33,35-36,41-43,57-59,61-62H,15-16,21-22H2,1-11H3,(H,53,63)/b13-12+,18-17+,24-14-/t23-,25+,26+,27-,29?,30?,33-,35?,36?,41-,42+,43+,51-/m0/s1. The molecule has 2 saturated heterocycles. The summed E-state index contributed by atoms with van der Waals surface area (Å²) in [7, 11) is 1.46. The van der Waals surface area contributed by atoms with Crippen LogP contribution in [-0.2, 0) is 23.8 Å². The summed E-state index contributed by atoms with van der Waals surface area (Å²) >= 11 is 0. The van der Waals surface area contributed by atoms with Crippen LogP contribution in [0.3, 0.4) is 0 Å². The van der Waals surface area contributed by atoms with Gasteiger partial charge in [-0.3, -0.25) is 19.3 Å². The Hall–Kier alpha value is -5.26. The number of piperazine rings is 1. The van der Waals surface area contributed by atoms with E-state index in [0.29, 0.717) is 30.9 Å². The van der Waals surface area contributed by atoms with E-state index in [2.05, 4.69) is 35.9 Å². The van der Waals surface area contributed by atoms with Gasteiger partial charge in [-0.1, -0.05) is 45.9 Å². The topological polar surface area (TPSA) is 225 Å². The molecule has 5 aliphatic heterocycles. The molecule has 0 radical (unpaired) electrons. The Bertz CT molecular complexity index is 2530. The number of Topliss-reactive ketones (excluding diaryl/α,β-unsaturated/α-hetero) is 1. The summed E-state index contributed by atoms with van der Waals surface area (Å²) in [5, 5.41) is 61.4. The van der Waals surface area contributed by atoms with Crippen molar-refractivity contribution in [2.45, 2.75) is 136 Å². The molecule has 16 nitrogen and oxygen atoms in total. The first-order valence-corrected chi connectivity index (χ1v) is 23.4. The average Bonchev–Trinajstić information content (AvgIpc) is 3.73. The van der Waals surface area contributed by atoms with Crippen molar-refractivity contribution in [3.05, 3.63) is 98.4 Å². The quantitative estimate of drug-likeness (QED) is 0.211. The summed E-state index contributed by atoms with van der Waals surface area (Å²) in [6, 6.07) is 3.86. The fourth-order valence-electron chi connectivity index (χ4n) is 11.3. The average molecular weight is 927 g/mol. The van der Waals surface area contributed by atoms with Crippen LogP contribution >= 0.6 is 0 Å². The van der Waals surface area contributed by atoms with E-state index in [1.807, 2.05) is 0 Å². The summed E-state index contributed by atoms with van der Waals surface area (Å²) in [5.74, 6) is -9.36. The molecule has 0 spiro atoms. The minimum Gasteiger partial charge on any atom is -0.509 e. The number of methoxy groups -OCH3 is 1. The molecule has 13 atom stereocenters. The number of rotatable bonds is 2. The normalized spacial score (nSPS) is 37.2. The second-order valence-corrected chi connectivity index (χ2v) is 20.7. The van der Waals surface area contributed by atoms with Crippen molar-refractivity contribution >= 4 is 23.1 Å². The Balaban J connectivity index is 1.27. The van der Waals surface area contributed by atoms with Gasteiger partial charge < -0.3 is 54.4 Å². The molecule has 1 amide bonds. The van der Waals surface area contributed by atoms with Crippen molar-refractivity contribution in [3.63, 3.8) is 0 Å². The van der Waals surface area contributed by atoms with Gasteiger partial charge in [0.1, 0.15) is 17.2 Å². The van der Waals surface area contributed by atoms with Crippen LogP contribution in [0.4, 0.5) is 5.69 Å². The Morgan fingerprint density at radius 2 is 1.54 bits per heavy atom. The highest BCUT2D eigenvalue weighted by Gasteiger charge is 2.58. The summed E-state index contributed by atoms with van der Waals surface area (Å²) in [6.07, 6.45) is 5.69. The summed E-state index contributed by atoms with van der Waals surface area (Å²) in [4.78, 5) is 52.5. The zero-order chi connectivity index (χ0) is 48.8. The number of ketones is 1. The van der Waals surface area contributed by atoms with Gasteiger partial charge in [-0.2, -0.15) is 0 Å². The van der Waals surface area contributed by atoms with Crippen LogP contribution in [0.2, 0.25) is 0 Å². The number of ether oxygens (including phenoxy) is 3. The molecule has 362 valence electrons. The number of fused-ring (bicyclic) bond motifs is 4. The van der Waals surface area contributed by atoms with E-state index in [1.54, 1.807) is 52.8 Å². The van der Waals surface area contributed by atoms with Gasteiger partial charge in [0.05, 0.1) is 53.8 Å². The molecular formula is C51H66N4O12. The third kappa shape index (κ3) is 8.21. The molecular weight excluding hydrogens is 861 g/mol. The van der Waals surface area contributed by atoms with Crippen molar-refractivity contribution in [2.75, 3.05) is 25.1 Å². The second kappa shape index (κ2) is 17.7. The molecule has 16 heteroatoms. The number of nitrogens with one attached hydrogen (secondary N) is 1. The van der Waals surface area contributed by atoms with Gasteiger partial charge in [0, 0.05) is 97.4 Å². The third-order valence-corrected chi connectivity index (χ3v) is 15.2. The fourth-order valence-corrected chi connectivity index (χ4v) is 11.3. The zero-order valence-corrected chi connectivity index (χ0v) is 40.2. The van der Waals surface area contributed by atoms with Gasteiger partial charge in [-0.25, -0.2) is 4.98 Å². The number of anilines is 1. The van der Waals surface area contributed by atoms with E-state index in [4.69, 9.17) is 23.6 Å². The van der Waals surface area contributed by atoms with Gasteiger partial charge in [-0.05, 0) is 53.5 Å². The summed E-state index contributed by atoms with van der Waals surface area (Å²) in [5.41, 5.74) is 0.232. The Morgan fingerprint density at radius 3 is 2.18 bits per heavy atom. The number of nitrogens with zero attached hydrogens (tertiary/aromatic N) is 3. The van der Waals surface area contributed by atoms with E-state index in [9.17, 15) is 39.9 Å². The van der Waals surface area contributed by atoms with Crippen molar-refractivity contribution in [3.8, 4) is 11.5 Å². The number of aliphatic hydroxyl groups is 5. The number of hydrogen-bond donors (Lipinski definition) is 6. The van der Waals surface area contributed by atoms with Crippen LogP contribution in [0, 0.1) is 29.6 Å². The summed E-state index contributed by atoms with van der Waals surface area (Å²) < 4.78 is 24.8.